The zero-order valence-corrected chi connectivity index (χ0v) is 39.5. The molecule has 1 aliphatic heterocycles. The number of tetrazole rings is 1. The predicted molar refractivity (Wildman–Crippen MR) is 252 cm³/mol. The largest absolute Gasteiger partial charge is 0.497 e. The van der Waals surface area contributed by atoms with E-state index < -0.39 is 48.6 Å². The number of nitrogen functional groups attached to an aromatic ring is 2. The van der Waals surface area contributed by atoms with Crippen molar-refractivity contribution in [1.82, 2.24) is 29.4 Å². The molecule has 5 aromatic carbocycles. The van der Waals surface area contributed by atoms with E-state index >= 15 is 8.42 Å². The maximum atomic E-state index is 16.2. The third-order valence-electron chi connectivity index (χ3n) is 11.0. The molecule has 2 heterocycles. The fraction of sp³-hybridized carbons (Fsp3) is 0.304. The lowest BCUT2D eigenvalue weighted by Crippen LogP contribution is -2.44. The summed E-state index contributed by atoms with van der Waals surface area (Å²) in [5, 5.41) is 13.4. The number of rotatable bonds is 16. The number of likely N-dealkylation sites (tertiary alicyclic amines) is 1. The molecule has 21 heteroatoms. The standard InChI is InChI=1S/C46H53N9O10S2/c1-46(2,3)65-45(56)52-25-24-33(29-52)55(67(59,60)61)40-23-22-37(38-8-7-9-39(47)42(38)48)41(44-49-51-54(50-44)28-32-14-20-36(64-6)21-15-32)43(40)66(57,58)53(26-30-10-16-34(62-4)17-11-30)27-31-12-18-35(63-5)19-13-31/h7-23,33H,24-29,47-48H2,1-6H3,(H,59,60,61)/t33-/m1/s1. The molecule has 0 aliphatic carbocycles. The Balaban J connectivity index is 1.51. The highest BCUT2D eigenvalue weighted by atomic mass is 32.2. The van der Waals surface area contributed by atoms with Crippen molar-refractivity contribution >= 4 is 43.5 Å². The monoisotopic (exact) mass is 955 g/mol. The lowest BCUT2D eigenvalue weighted by atomic mass is 9.96. The van der Waals surface area contributed by atoms with E-state index in [1.165, 1.54) is 40.4 Å². The number of anilines is 3. The summed E-state index contributed by atoms with van der Waals surface area (Å²) < 4.78 is 95.1. The number of amides is 1. The van der Waals surface area contributed by atoms with Crippen molar-refractivity contribution in [1.29, 1.82) is 0 Å². The molecular formula is C46H53N9O10S2. The molecule has 0 unspecified atom stereocenters. The maximum Gasteiger partial charge on any atom is 0.410 e. The number of ether oxygens (including phenoxy) is 4. The van der Waals surface area contributed by atoms with Gasteiger partial charge in [0.05, 0.1) is 56.5 Å². The Bertz CT molecular complexity index is 2900. The van der Waals surface area contributed by atoms with Crippen LogP contribution in [0.1, 0.15) is 43.9 Å². The second kappa shape index (κ2) is 19.5. The molecule has 67 heavy (non-hydrogen) atoms. The summed E-state index contributed by atoms with van der Waals surface area (Å²) in [5.41, 5.74) is 14.0. The smallest absolute Gasteiger partial charge is 0.410 e. The Morgan fingerprint density at radius 1 is 0.776 bits per heavy atom. The van der Waals surface area contributed by atoms with E-state index in [0.29, 0.717) is 32.7 Å². The van der Waals surface area contributed by atoms with E-state index in [1.54, 1.807) is 119 Å². The highest BCUT2D eigenvalue weighted by Crippen LogP contribution is 2.46. The molecule has 0 saturated carbocycles. The van der Waals surface area contributed by atoms with E-state index in [0.717, 1.165) is 5.56 Å². The van der Waals surface area contributed by atoms with Gasteiger partial charge in [0.25, 0.3) is 0 Å². The van der Waals surface area contributed by atoms with Gasteiger partial charge < -0.3 is 35.3 Å². The molecule has 354 valence electrons. The molecule has 19 nitrogen and oxygen atoms in total. The van der Waals surface area contributed by atoms with Crippen LogP contribution in [-0.2, 0) is 44.7 Å². The molecule has 1 atom stereocenters. The number of nitrogens with two attached hydrogens (primary N) is 2. The van der Waals surface area contributed by atoms with E-state index in [1.807, 2.05) is 0 Å². The van der Waals surface area contributed by atoms with Gasteiger partial charge in [-0.2, -0.15) is 17.5 Å². The first-order chi connectivity index (χ1) is 31.8. The zero-order valence-electron chi connectivity index (χ0n) is 37.9. The molecule has 1 amide bonds. The number of sulfonamides is 1. The molecule has 5 N–H and O–H groups in total. The van der Waals surface area contributed by atoms with Gasteiger partial charge in [0, 0.05) is 31.7 Å². The van der Waals surface area contributed by atoms with Crippen molar-refractivity contribution in [3.63, 3.8) is 0 Å². The summed E-state index contributed by atoms with van der Waals surface area (Å²) in [7, 11) is -5.75. The molecule has 1 aromatic heterocycles. The van der Waals surface area contributed by atoms with Crippen LogP contribution in [0.25, 0.3) is 22.5 Å². The topological polar surface area (TPSA) is 248 Å². The van der Waals surface area contributed by atoms with Gasteiger partial charge in [0.15, 0.2) is 0 Å². The number of hydrogen-bond donors (Lipinski definition) is 3. The van der Waals surface area contributed by atoms with Crippen molar-refractivity contribution in [3.8, 4) is 39.8 Å². The van der Waals surface area contributed by atoms with Crippen molar-refractivity contribution in [3.05, 3.63) is 120 Å². The first-order valence-electron chi connectivity index (χ1n) is 21.0. The van der Waals surface area contributed by atoms with Crippen molar-refractivity contribution in [2.24, 2.45) is 0 Å². The summed E-state index contributed by atoms with van der Waals surface area (Å²) in [6, 6.07) is 27.1. The SMILES string of the molecule is COc1ccc(CN(Cc2ccc(OC)cc2)S(=O)(=O)c2c(N([C@@H]3CCN(C(=O)OC(C)(C)C)C3)S(=O)(=O)O)ccc(-c3cccc(N)c3N)c2-c2nnn(Cc3ccc(OC)cc3)n2)cc1. The number of carbonyl (C=O) groups is 1. The summed E-state index contributed by atoms with van der Waals surface area (Å²) in [6.07, 6.45) is -0.718. The predicted octanol–water partition coefficient (Wildman–Crippen LogP) is 6.26. The molecular weight excluding hydrogens is 903 g/mol. The van der Waals surface area contributed by atoms with E-state index in [9.17, 15) is 17.8 Å². The minimum Gasteiger partial charge on any atom is -0.497 e. The van der Waals surface area contributed by atoms with Crippen LogP contribution >= 0.6 is 0 Å². The number of benzene rings is 5. The third-order valence-corrected chi connectivity index (χ3v) is 13.9. The molecule has 0 bridgehead atoms. The molecule has 0 spiro atoms. The van der Waals surface area contributed by atoms with Crippen LogP contribution in [0, 0.1) is 0 Å². The fourth-order valence-corrected chi connectivity index (χ4v) is 10.5. The highest BCUT2D eigenvalue weighted by molar-refractivity contribution is 7.90. The van der Waals surface area contributed by atoms with Crippen LogP contribution in [0.15, 0.2) is 108 Å². The number of aromatic nitrogens is 4. The van der Waals surface area contributed by atoms with E-state index in [4.69, 9.17) is 35.5 Å². The van der Waals surface area contributed by atoms with Gasteiger partial charge >= 0.3 is 16.4 Å². The molecule has 7 rings (SSSR count). The van der Waals surface area contributed by atoms with Crippen LogP contribution in [0.2, 0.25) is 0 Å². The lowest BCUT2D eigenvalue weighted by Gasteiger charge is -2.32. The minimum absolute atomic E-state index is 0.00449. The first kappa shape index (κ1) is 48.0. The van der Waals surface area contributed by atoms with Gasteiger partial charge in [0.2, 0.25) is 15.8 Å². The van der Waals surface area contributed by atoms with Crippen LogP contribution < -0.4 is 30.0 Å². The van der Waals surface area contributed by atoms with Crippen LogP contribution in [0.5, 0.6) is 17.2 Å². The average Bonchev–Trinajstić information content (AvgIpc) is 3.97. The number of nitrogens with zero attached hydrogens (tertiary/aromatic N) is 7. The Labute approximate surface area is 389 Å². The average molecular weight is 956 g/mol. The maximum absolute atomic E-state index is 16.2. The number of methoxy groups -OCH3 is 3. The third kappa shape index (κ3) is 10.9. The van der Waals surface area contributed by atoms with Crippen molar-refractivity contribution in [2.75, 3.05) is 50.2 Å². The normalized spacial score (nSPS) is 14.3. The second-order valence-electron chi connectivity index (χ2n) is 16.7. The van der Waals surface area contributed by atoms with E-state index in [-0.39, 0.29) is 73.0 Å². The Morgan fingerprint density at radius 2 is 1.33 bits per heavy atom. The van der Waals surface area contributed by atoms with Gasteiger partial charge in [-0.1, -0.05) is 54.6 Å². The quantitative estimate of drug-likeness (QED) is 0.0716. The summed E-state index contributed by atoms with van der Waals surface area (Å²) in [6.45, 7) is 4.48. The van der Waals surface area contributed by atoms with Gasteiger partial charge in [-0.3, -0.25) is 4.55 Å². The molecule has 1 saturated heterocycles. The van der Waals surface area contributed by atoms with E-state index in [2.05, 4.69) is 10.3 Å². The number of carbonyl (C=O) groups excluding carboxylic acids is 1. The Kier molecular flexibility index (Phi) is 14.0. The lowest BCUT2D eigenvalue weighted by molar-refractivity contribution is 0.0292. The summed E-state index contributed by atoms with van der Waals surface area (Å²) in [5.74, 6) is 1.47. The van der Waals surface area contributed by atoms with Crippen molar-refractivity contribution < 1.29 is 45.1 Å². The van der Waals surface area contributed by atoms with Crippen molar-refractivity contribution in [2.45, 2.75) is 63.4 Å². The minimum atomic E-state index is -5.33. The van der Waals surface area contributed by atoms with Gasteiger partial charge in [0.1, 0.15) is 27.7 Å². The van der Waals surface area contributed by atoms with Gasteiger partial charge in [-0.25, -0.2) is 17.5 Å². The van der Waals surface area contributed by atoms with Crippen LogP contribution in [0.4, 0.5) is 21.9 Å². The van der Waals surface area contributed by atoms with Crippen LogP contribution in [0.3, 0.4) is 0 Å². The zero-order chi connectivity index (χ0) is 48.3. The van der Waals surface area contributed by atoms with Gasteiger partial charge in [-0.05, 0) is 103 Å². The molecule has 0 radical (unpaired) electrons. The molecule has 1 aliphatic rings. The molecule has 1 fully saturated rings. The second-order valence-corrected chi connectivity index (χ2v) is 19.9. The highest BCUT2D eigenvalue weighted by Gasteiger charge is 2.43. The number of hydrogen-bond acceptors (Lipinski definition) is 14. The first-order valence-corrected chi connectivity index (χ1v) is 23.9. The Hall–Kier alpha value is -6.94. The van der Waals surface area contributed by atoms with Crippen LogP contribution in [-0.4, -0.2) is 103 Å². The fourth-order valence-electron chi connectivity index (χ4n) is 7.73. The Morgan fingerprint density at radius 3 is 1.85 bits per heavy atom. The van der Waals surface area contributed by atoms with Gasteiger partial charge in [-0.15, -0.1) is 10.2 Å². The molecule has 6 aromatic rings. The summed E-state index contributed by atoms with van der Waals surface area (Å²) >= 11 is 0. The summed E-state index contributed by atoms with van der Waals surface area (Å²) in [4.78, 5) is 15.3. The number of para-hydroxylation sites is 1.